The van der Waals surface area contributed by atoms with Crippen molar-refractivity contribution in [2.24, 2.45) is 0 Å². The van der Waals surface area contributed by atoms with Crippen molar-refractivity contribution in [3.8, 4) is 5.75 Å². The van der Waals surface area contributed by atoms with E-state index >= 15 is 0 Å². The van der Waals surface area contributed by atoms with Gasteiger partial charge in [0.2, 0.25) is 0 Å². The first kappa shape index (κ1) is 8.26. The summed E-state index contributed by atoms with van der Waals surface area (Å²) in [6.45, 7) is 0. The third-order valence-electron chi connectivity index (χ3n) is 1.78. The average Bonchev–Trinajstić information content (AvgIpc) is 2.12. The van der Waals surface area contributed by atoms with Crippen molar-refractivity contribution in [3.63, 3.8) is 0 Å². The quantitative estimate of drug-likeness (QED) is 0.659. The topological polar surface area (TPSA) is 33.1 Å². The second kappa shape index (κ2) is 2.85. The summed E-state index contributed by atoms with van der Waals surface area (Å²) < 4.78 is 12.8. The molecule has 4 heteroatoms. The van der Waals surface area contributed by atoms with Gasteiger partial charge in [0.15, 0.2) is 5.75 Å². The van der Waals surface area contributed by atoms with Crippen molar-refractivity contribution >= 4 is 22.4 Å². The van der Waals surface area contributed by atoms with Gasteiger partial charge in [-0.25, -0.2) is 4.98 Å². The number of aromatic hydroxyl groups is 1. The highest BCUT2D eigenvalue weighted by Gasteiger charge is 2.06. The first-order valence-corrected chi connectivity index (χ1v) is 3.99. The van der Waals surface area contributed by atoms with Gasteiger partial charge < -0.3 is 5.11 Å². The molecular formula is C9H5ClFNO. The largest absolute Gasteiger partial charge is 0.503 e. The summed E-state index contributed by atoms with van der Waals surface area (Å²) in [4.78, 5) is 3.38. The van der Waals surface area contributed by atoms with Crippen molar-refractivity contribution in [2.75, 3.05) is 0 Å². The molecule has 0 amide bonds. The number of pyridine rings is 1. The zero-order valence-electron chi connectivity index (χ0n) is 6.46. The molecule has 1 N–H and O–H groups in total. The molecule has 66 valence electrons. The lowest BCUT2D eigenvalue weighted by Crippen LogP contribution is -1.84. The standard InChI is InChI=1S/C9H5ClFNO/c10-6-2-1-5-4-12-9(11)8(13)7(5)3-6/h1-4,13H. The van der Waals surface area contributed by atoms with E-state index in [1.807, 2.05) is 0 Å². The van der Waals surface area contributed by atoms with Crippen LogP contribution in [-0.4, -0.2) is 10.1 Å². The van der Waals surface area contributed by atoms with E-state index in [1.54, 1.807) is 12.1 Å². The number of aromatic nitrogens is 1. The van der Waals surface area contributed by atoms with Crippen LogP contribution in [0.5, 0.6) is 5.75 Å². The number of hydrogen-bond acceptors (Lipinski definition) is 2. The van der Waals surface area contributed by atoms with Crippen LogP contribution in [0.25, 0.3) is 10.8 Å². The number of halogens is 2. The molecule has 0 spiro atoms. The summed E-state index contributed by atoms with van der Waals surface area (Å²) in [6, 6.07) is 4.82. The van der Waals surface area contributed by atoms with Crippen LogP contribution in [0.1, 0.15) is 0 Å². The molecule has 2 nitrogen and oxygen atoms in total. The van der Waals surface area contributed by atoms with Crippen LogP contribution in [0, 0.1) is 5.95 Å². The van der Waals surface area contributed by atoms with E-state index < -0.39 is 11.7 Å². The highest BCUT2D eigenvalue weighted by molar-refractivity contribution is 6.31. The molecule has 0 aliphatic carbocycles. The lowest BCUT2D eigenvalue weighted by atomic mass is 10.2. The molecular weight excluding hydrogens is 193 g/mol. The Hall–Kier alpha value is -1.35. The summed E-state index contributed by atoms with van der Waals surface area (Å²) in [6.07, 6.45) is 1.35. The van der Waals surface area contributed by atoms with E-state index in [1.165, 1.54) is 12.3 Å². The molecule has 0 saturated carbocycles. The van der Waals surface area contributed by atoms with Crippen molar-refractivity contribution in [3.05, 3.63) is 35.4 Å². The Morgan fingerprint density at radius 3 is 2.92 bits per heavy atom. The molecule has 2 aromatic rings. The van der Waals surface area contributed by atoms with Gasteiger partial charge in [0.25, 0.3) is 5.95 Å². The lowest BCUT2D eigenvalue weighted by molar-refractivity contribution is 0.425. The highest BCUT2D eigenvalue weighted by atomic mass is 35.5. The number of rotatable bonds is 0. The zero-order valence-corrected chi connectivity index (χ0v) is 7.22. The predicted molar refractivity (Wildman–Crippen MR) is 48.4 cm³/mol. The Balaban J connectivity index is 2.89. The molecule has 1 aromatic heterocycles. The van der Waals surface area contributed by atoms with E-state index in [-0.39, 0.29) is 0 Å². The summed E-state index contributed by atoms with van der Waals surface area (Å²) in [7, 11) is 0. The van der Waals surface area contributed by atoms with Gasteiger partial charge >= 0.3 is 0 Å². The lowest BCUT2D eigenvalue weighted by Gasteiger charge is -2.00. The smallest absolute Gasteiger partial charge is 0.255 e. The maximum Gasteiger partial charge on any atom is 0.255 e. The molecule has 13 heavy (non-hydrogen) atoms. The van der Waals surface area contributed by atoms with Gasteiger partial charge in [-0.15, -0.1) is 0 Å². The SMILES string of the molecule is Oc1c(F)ncc2ccc(Cl)cc12. The maximum atomic E-state index is 12.8. The van der Waals surface area contributed by atoms with Crippen LogP contribution in [0.4, 0.5) is 4.39 Å². The van der Waals surface area contributed by atoms with Crippen LogP contribution < -0.4 is 0 Å². The number of hydrogen-bond donors (Lipinski definition) is 1. The van der Waals surface area contributed by atoms with E-state index in [0.717, 1.165) is 0 Å². The van der Waals surface area contributed by atoms with Crippen LogP contribution in [0.15, 0.2) is 24.4 Å². The van der Waals surface area contributed by atoms with Gasteiger partial charge in [-0.1, -0.05) is 17.7 Å². The third kappa shape index (κ3) is 1.31. The van der Waals surface area contributed by atoms with Gasteiger partial charge in [-0.3, -0.25) is 0 Å². The Bertz CT molecular complexity index is 467. The normalized spacial score (nSPS) is 10.6. The highest BCUT2D eigenvalue weighted by Crippen LogP contribution is 2.27. The van der Waals surface area contributed by atoms with Gasteiger partial charge in [0.1, 0.15) is 0 Å². The molecule has 0 unspecified atom stereocenters. The minimum absolute atomic E-state index is 0.375. The summed E-state index contributed by atoms with van der Waals surface area (Å²) in [5.74, 6) is -1.34. The summed E-state index contributed by atoms with van der Waals surface area (Å²) in [5, 5.41) is 10.8. The van der Waals surface area contributed by atoms with Crippen LogP contribution in [0.3, 0.4) is 0 Å². The maximum absolute atomic E-state index is 12.8. The fourth-order valence-electron chi connectivity index (χ4n) is 1.14. The fraction of sp³-hybridized carbons (Fsp3) is 0. The fourth-order valence-corrected chi connectivity index (χ4v) is 1.32. The zero-order chi connectivity index (χ0) is 9.42. The van der Waals surface area contributed by atoms with Crippen molar-refractivity contribution in [2.45, 2.75) is 0 Å². The molecule has 0 radical (unpaired) electrons. The Labute approximate surface area is 78.6 Å². The minimum Gasteiger partial charge on any atom is -0.503 e. The molecule has 0 fully saturated rings. The molecule has 1 aromatic carbocycles. The number of nitrogens with zero attached hydrogens (tertiary/aromatic N) is 1. The molecule has 1 heterocycles. The summed E-state index contributed by atoms with van der Waals surface area (Å²) >= 11 is 5.69. The average molecular weight is 198 g/mol. The van der Waals surface area contributed by atoms with E-state index in [9.17, 15) is 9.50 Å². The van der Waals surface area contributed by atoms with E-state index in [0.29, 0.717) is 15.8 Å². The van der Waals surface area contributed by atoms with E-state index in [2.05, 4.69) is 4.98 Å². The van der Waals surface area contributed by atoms with Crippen LogP contribution in [-0.2, 0) is 0 Å². The Kier molecular flexibility index (Phi) is 1.81. The van der Waals surface area contributed by atoms with Gasteiger partial charge in [0, 0.05) is 22.0 Å². The van der Waals surface area contributed by atoms with Gasteiger partial charge in [0.05, 0.1) is 0 Å². The van der Waals surface area contributed by atoms with E-state index in [4.69, 9.17) is 11.6 Å². The number of benzene rings is 1. The van der Waals surface area contributed by atoms with Crippen molar-refractivity contribution in [1.82, 2.24) is 4.98 Å². The summed E-state index contributed by atoms with van der Waals surface area (Å²) in [5.41, 5.74) is 0. The molecule has 0 bridgehead atoms. The van der Waals surface area contributed by atoms with Crippen LogP contribution in [0.2, 0.25) is 5.02 Å². The first-order valence-electron chi connectivity index (χ1n) is 3.61. The second-order valence-corrected chi connectivity index (χ2v) is 3.07. The molecule has 0 atom stereocenters. The molecule has 0 aliphatic rings. The van der Waals surface area contributed by atoms with Gasteiger partial charge in [-0.05, 0) is 12.1 Å². The monoisotopic (exact) mass is 197 g/mol. The van der Waals surface area contributed by atoms with Crippen molar-refractivity contribution in [1.29, 1.82) is 0 Å². The molecule has 2 rings (SSSR count). The van der Waals surface area contributed by atoms with Crippen LogP contribution >= 0.6 is 11.6 Å². The molecule has 0 aliphatic heterocycles. The van der Waals surface area contributed by atoms with Crippen molar-refractivity contribution < 1.29 is 9.50 Å². The minimum atomic E-state index is -0.880. The third-order valence-corrected chi connectivity index (χ3v) is 2.02. The first-order chi connectivity index (χ1) is 6.18. The second-order valence-electron chi connectivity index (χ2n) is 2.63. The molecule has 0 saturated heterocycles. The predicted octanol–water partition coefficient (Wildman–Crippen LogP) is 2.73. The number of fused-ring (bicyclic) bond motifs is 1. The van der Waals surface area contributed by atoms with Gasteiger partial charge in [-0.2, -0.15) is 4.39 Å². The Morgan fingerprint density at radius 1 is 1.38 bits per heavy atom. The Morgan fingerprint density at radius 2 is 2.15 bits per heavy atom.